The standard InChI is InChI=1S/C44H26N4OS/c1-3-13-28(14-4-1)32-18-9-10-19-33(32)42-46-41(31-23-22-27-12-7-8-17-30(27)24-31)47-43(48-42)34-20-11-21-37-40(34)35-25-36-39(26-38(35)49-37)50-44(45-36)29-15-5-2-6-16-29/h1-26H. The van der Waals surface area contributed by atoms with E-state index in [1.54, 1.807) is 11.3 Å². The predicted molar refractivity (Wildman–Crippen MR) is 205 cm³/mol. The molecule has 3 heterocycles. The lowest BCUT2D eigenvalue weighted by Crippen LogP contribution is -2.01. The lowest BCUT2D eigenvalue weighted by molar-refractivity contribution is 0.669. The van der Waals surface area contributed by atoms with Crippen molar-refractivity contribution in [2.75, 3.05) is 0 Å². The van der Waals surface area contributed by atoms with Crippen LogP contribution in [-0.2, 0) is 0 Å². The molecule has 0 saturated heterocycles. The van der Waals surface area contributed by atoms with Gasteiger partial charge in [0, 0.05) is 39.1 Å². The summed E-state index contributed by atoms with van der Waals surface area (Å²) in [6, 6.07) is 54.0. The minimum absolute atomic E-state index is 0.581. The quantitative estimate of drug-likeness (QED) is 0.184. The van der Waals surface area contributed by atoms with Gasteiger partial charge in [-0.2, -0.15) is 0 Å². The Kier molecular flexibility index (Phi) is 6.60. The molecule has 10 aromatic rings. The largest absolute Gasteiger partial charge is 0.456 e. The smallest absolute Gasteiger partial charge is 0.164 e. The zero-order valence-corrected chi connectivity index (χ0v) is 27.4. The van der Waals surface area contributed by atoms with Gasteiger partial charge in [0.05, 0.1) is 10.2 Å². The topological polar surface area (TPSA) is 64.7 Å². The van der Waals surface area contributed by atoms with Crippen molar-refractivity contribution in [2.45, 2.75) is 0 Å². The van der Waals surface area contributed by atoms with Crippen LogP contribution in [-0.4, -0.2) is 19.9 Å². The molecule has 0 spiro atoms. The Labute approximate surface area is 291 Å². The first-order chi connectivity index (χ1) is 24.7. The van der Waals surface area contributed by atoms with Crippen LogP contribution in [0, 0.1) is 0 Å². The molecule has 3 aromatic heterocycles. The molecule has 0 aliphatic carbocycles. The van der Waals surface area contributed by atoms with Crippen LogP contribution in [0.1, 0.15) is 0 Å². The molecule has 0 bridgehead atoms. The summed E-state index contributed by atoms with van der Waals surface area (Å²) in [5, 5.41) is 5.21. The molecule has 0 radical (unpaired) electrons. The van der Waals surface area contributed by atoms with E-state index in [-0.39, 0.29) is 0 Å². The second kappa shape index (κ2) is 11.6. The summed E-state index contributed by atoms with van der Waals surface area (Å²) in [6.45, 7) is 0. The van der Waals surface area contributed by atoms with E-state index in [2.05, 4.69) is 115 Å². The van der Waals surface area contributed by atoms with Crippen LogP contribution < -0.4 is 0 Å². The van der Waals surface area contributed by atoms with Gasteiger partial charge in [-0.25, -0.2) is 19.9 Å². The van der Waals surface area contributed by atoms with E-state index in [4.69, 9.17) is 24.4 Å². The lowest BCUT2D eigenvalue weighted by atomic mass is 9.99. The fourth-order valence-corrected chi connectivity index (χ4v) is 7.74. The highest BCUT2D eigenvalue weighted by molar-refractivity contribution is 7.21. The van der Waals surface area contributed by atoms with Gasteiger partial charge in [0.25, 0.3) is 0 Å². The number of rotatable bonds is 5. The molecule has 234 valence electrons. The third kappa shape index (κ3) is 4.85. The highest BCUT2D eigenvalue weighted by Gasteiger charge is 2.20. The summed E-state index contributed by atoms with van der Waals surface area (Å²) >= 11 is 1.67. The van der Waals surface area contributed by atoms with Crippen molar-refractivity contribution in [3.05, 3.63) is 158 Å². The first-order valence-electron chi connectivity index (χ1n) is 16.5. The number of furan rings is 1. The SMILES string of the molecule is c1ccc(-c2nc3cc4c(cc3s2)oc2cccc(-c3nc(-c5ccc6ccccc6c5)nc(-c5ccccc5-c5ccccc5)n3)c24)cc1. The molecule has 0 fully saturated rings. The Morgan fingerprint density at radius 3 is 1.90 bits per heavy atom. The Balaban J connectivity index is 1.21. The lowest BCUT2D eigenvalue weighted by Gasteiger charge is -2.12. The molecule has 0 N–H and O–H groups in total. The molecule has 0 unspecified atom stereocenters. The van der Waals surface area contributed by atoms with Gasteiger partial charge in [-0.15, -0.1) is 11.3 Å². The molecule has 0 aliphatic rings. The Morgan fingerprint density at radius 2 is 1.08 bits per heavy atom. The number of thiazole rings is 1. The minimum atomic E-state index is 0.581. The van der Waals surface area contributed by atoms with Crippen molar-refractivity contribution < 1.29 is 4.42 Å². The third-order valence-corrected chi connectivity index (χ3v) is 10.2. The zero-order chi connectivity index (χ0) is 33.0. The second-order valence-electron chi connectivity index (χ2n) is 12.3. The second-order valence-corrected chi connectivity index (χ2v) is 13.3. The summed E-state index contributed by atoms with van der Waals surface area (Å²) in [6.07, 6.45) is 0. The molecule has 10 rings (SSSR count). The molecule has 6 heteroatoms. The monoisotopic (exact) mass is 658 g/mol. The van der Waals surface area contributed by atoms with E-state index in [1.807, 2.05) is 42.5 Å². The highest BCUT2D eigenvalue weighted by Crippen LogP contribution is 2.41. The van der Waals surface area contributed by atoms with Gasteiger partial charge in [0.2, 0.25) is 0 Å². The van der Waals surface area contributed by atoms with Gasteiger partial charge in [0.1, 0.15) is 16.2 Å². The van der Waals surface area contributed by atoms with Crippen molar-refractivity contribution in [3.63, 3.8) is 0 Å². The highest BCUT2D eigenvalue weighted by atomic mass is 32.1. The Bertz CT molecular complexity index is 2880. The molecular formula is C44H26N4OS. The molecule has 0 saturated carbocycles. The predicted octanol–water partition coefficient (Wildman–Crippen LogP) is 11.9. The number of fused-ring (bicyclic) bond motifs is 5. The van der Waals surface area contributed by atoms with Crippen LogP contribution in [0.5, 0.6) is 0 Å². The molecular weight excluding hydrogens is 633 g/mol. The zero-order valence-electron chi connectivity index (χ0n) is 26.6. The van der Waals surface area contributed by atoms with Crippen LogP contribution >= 0.6 is 11.3 Å². The number of hydrogen-bond donors (Lipinski definition) is 0. The third-order valence-electron chi connectivity index (χ3n) is 9.16. The van der Waals surface area contributed by atoms with Gasteiger partial charge in [-0.05, 0) is 40.1 Å². The van der Waals surface area contributed by atoms with E-state index in [9.17, 15) is 0 Å². The molecule has 7 aromatic carbocycles. The van der Waals surface area contributed by atoms with E-state index >= 15 is 0 Å². The molecule has 0 amide bonds. The van der Waals surface area contributed by atoms with E-state index in [0.717, 1.165) is 75.9 Å². The van der Waals surface area contributed by atoms with Gasteiger partial charge in [0.15, 0.2) is 17.5 Å². The van der Waals surface area contributed by atoms with E-state index < -0.39 is 0 Å². The molecule has 50 heavy (non-hydrogen) atoms. The van der Waals surface area contributed by atoms with Crippen molar-refractivity contribution in [2.24, 2.45) is 0 Å². The Morgan fingerprint density at radius 1 is 0.420 bits per heavy atom. The summed E-state index contributed by atoms with van der Waals surface area (Å²) in [5.74, 6) is 1.80. The number of aromatic nitrogens is 4. The van der Waals surface area contributed by atoms with Crippen molar-refractivity contribution >= 4 is 54.3 Å². The van der Waals surface area contributed by atoms with Crippen molar-refractivity contribution in [1.29, 1.82) is 0 Å². The molecule has 0 aliphatic heterocycles. The van der Waals surface area contributed by atoms with E-state index in [1.165, 1.54) is 5.39 Å². The normalized spacial score (nSPS) is 11.6. The molecule has 5 nitrogen and oxygen atoms in total. The fourth-order valence-electron chi connectivity index (χ4n) is 6.76. The Hall–Kier alpha value is -6.50. The molecule has 0 atom stereocenters. The van der Waals surface area contributed by atoms with Crippen LogP contribution in [0.25, 0.3) is 98.8 Å². The average molecular weight is 659 g/mol. The van der Waals surface area contributed by atoms with Gasteiger partial charge >= 0.3 is 0 Å². The summed E-state index contributed by atoms with van der Waals surface area (Å²) in [7, 11) is 0. The first kappa shape index (κ1) is 28.5. The summed E-state index contributed by atoms with van der Waals surface area (Å²) < 4.78 is 7.58. The number of benzene rings is 7. The maximum Gasteiger partial charge on any atom is 0.164 e. The van der Waals surface area contributed by atoms with Gasteiger partial charge in [-0.3, -0.25) is 0 Å². The maximum atomic E-state index is 6.50. The maximum absolute atomic E-state index is 6.50. The van der Waals surface area contributed by atoms with Crippen molar-refractivity contribution in [3.8, 4) is 55.9 Å². The fraction of sp³-hybridized carbons (Fsp3) is 0. The summed E-state index contributed by atoms with van der Waals surface area (Å²) in [5.41, 5.74) is 8.51. The van der Waals surface area contributed by atoms with Crippen molar-refractivity contribution in [1.82, 2.24) is 19.9 Å². The van der Waals surface area contributed by atoms with Crippen LogP contribution in [0.2, 0.25) is 0 Å². The van der Waals surface area contributed by atoms with Crippen LogP contribution in [0.15, 0.2) is 162 Å². The van der Waals surface area contributed by atoms with Gasteiger partial charge < -0.3 is 4.42 Å². The van der Waals surface area contributed by atoms with Crippen LogP contribution in [0.4, 0.5) is 0 Å². The minimum Gasteiger partial charge on any atom is -0.456 e. The number of hydrogen-bond acceptors (Lipinski definition) is 6. The average Bonchev–Trinajstić information content (AvgIpc) is 3.78. The first-order valence-corrected chi connectivity index (χ1v) is 17.3. The van der Waals surface area contributed by atoms with Gasteiger partial charge in [-0.1, -0.05) is 133 Å². The summed E-state index contributed by atoms with van der Waals surface area (Å²) in [4.78, 5) is 20.6. The number of nitrogens with zero attached hydrogens (tertiary/aromatic N) is 4. The van der Waals surface area contributed by atoms with E-state index in [0.29, 0.717) is 17.5 Å². The van der Waals surface area contributed by atoms with Crippen LogP contribution in [0.3, 0.4) is 0 Å².